The number of hydrogen-bond donors (Lipinski definition) is 2. The van der Waals surface area contributed by atoms with Gasteiger partial charge in [-0.25, -0.2) is 0 Å². The Labute approximate surface area is 125 Å². The summed E-state index contributed by atoms with van der Waals surface area (Å²) in [6.07, 6.45) is 0. The average Bonchev–Trinajstić information content (AvgIpc) is 2.42. The van der Waals surface area contributed by atoms with Crippen molar-refractivity contribution in [2.45, 2.75) is 32.9 Å². The summed E-state index contributed by atoms with van der Waals surface area (Å²) in [5.74, 6) is 0.224. The van der Waals surface area contributed by atoms with Crippen molar-refractivity contribution in [2.75, 3.05) is 6.61 Å². The lowest BCUT2D eigenvalue weighted by molar-refractivity contribution is -0.119. The molecule has 0 heterocycles. The molecule has 0 saturated carbocycles. The average molecular weight is 286 g/mol. The Morgan fingerprint density at radius 2 is 1.90 bits per heavy atom. The first-order valence-corrected chi connectivity index (χ1v) is 7.03. The number of fused-ring (bicyclic) bond motifs is 1. The van der Waals surface area contributed by atoms with Crippen molar-refractivity contribution in [1.29, 1.82) is 0 Å². The van der Waals surface area contributed by atoms with Crippen LogP contribution < -0.4 is 15.8 Å². The van der Waals surface area contributed by atoms with Gasteiger partial charge in [0, 0.05) is 17.6 Å². The normalized spacial score (nSPS) is 11.6. The Hall–Kier alpha value is -2.07. The van der Waals surface area contributed by atoms with E-state index in [1.807, 2.05) is 24.3 Å². The van der Waals surface area contributed by atoms with Gasteiger partial charge >= 0.3 is 0 Å². The fourth-order valence-corrected chi connectivity index (χ4v) is 2.14. The van der Waals surface area contributed by atoms with E-state index in [9.17, 15) is 4.79 Å². The second-order valence-electron chi connectivity index (χ2n) is 6.12. The van der Waals surface area contributed by atoms with E-state index in [2.05, 4.69) is 38.2 Å². The molecule has 3 N–H and O–H groups in total. The topological polar surface area (TPSA) is 64.3 Å². The van der Waals surface area contributed by atoms with Gasteiger partial charge in [-0.3, -0.25) is 4.79 Å². The number of amides is 1. The Bertz CT molecular complexity index is 645. The lowest BCUT2D eigenvalue weighted by Gasteiger charge is -2.22. The molecule has 4 nitrogen and oxygen atoms in total. The minimum atomic E-state index is -0.474. The van der Waals surface area contributed by atoms with Gasteiger partial charge in [-0.2, -0.15) is 0 Å². The molecular formula is C17H22N2O2. The lowest BCUT2D eigenvalue weighted by Crippen LogP contribution is -2.35. The Morgan fingerprint density at radius 3 is 2.57 bits per heavy atom. The quantitative estimate of drug-likeness (QED) is 0.888. The largest absolute Gasteiger partial charge is 0.483 e. The summed E-state index contributed by atoms with van der Waals surface area (Å²) in [5.41, 5.74) is 6.21. The second-order valence-corrected chi connectivity index (χ2v) is 6.12. The van der Waals surface area contributed by atoms with E-state index in [0.717, 1.165) is 16.3 Å². The first kappa shape index (κ1) is 15.3. The van der Waals surface area contributed by atoms with E-state index in [-0.39, 0.29) is 12.1 Å². The van der Waals surface area contributed by atoms with Crippen molar-refractivity contribution in [1.82, 2.24) is 5.32 Å². The number of nitrogens with two attached hydrogens (primary N) is 1. The van der Waals surface area contributed by atoms with E-state index in [1.165, 1.54) is 0 Å². The summed E-state index contributed by atoms with van der Waals surface area (Å²) in [4.78, 5) is 10.9. The molecule has 0 aliphatic carbocycles. The van der Waals surface area contributed by atoms with Gasteiger partial charge in [-0.05, 0) is 37.6 Å². The van der Waals surface area contributed by atoms with Crippen LogP contribution in [-0.4, -0.2) is 18.1 Å². The monoisotopic (exact) mass is 286 g/mol. The predicted octanol–water partition coefficient (Wildman–Crippen LogP) is 2.59. The van der Waals surface area contributed by atoms with Crippen LogP contribution in [0.4, 0.5) is 0 Å². The van der Waals surface area contributed by atoms with Crippen LogP contribution in [0, 0.1) is 0 Å². The number of benzene rings is 2. The standard InChI is InChI=1S/C17H22N2O2/c1-17(2,3)19-10-14-13-7-5-4-6-12(13)8-9-15(14)21-11-16(18)20/h4-9,19H,10-11H2,1-3H3,(H2,18,20). The molecule has 0 aliphatic heterocycles. The number of ether oxygens (including phenoxy) is 1. The fourth-order valence-electron chi connectivity index (χ4n) is 2.14. The molecule has 1 amide bonds. The van der Waals surface area contributed by atoms with E-state index in [4.69, 9.17) is 10.5 Å². The molecular weight excluding hydrogens is 264 g/mol. The Morgan fingerprint density at radius 1 is 1.19 bits per heavy atom. The molecule has 2 rings (SSSR count). The Balaban J connectivity index is 2.39. The number of hydrogen-bond acceptors (Lipinski definition) is 3. The van der Waals surface area contributed by atoms with Crippen LogP contribution in [0.25, 0.3) is 10.8 Å². The van der Waals surface area contributed by atoms with Crippen LogP contribution in [0.1, 0.15) is 26.3 Å². The molecule has 2 aromatic carbocycles. The number of nitrogens with one attached hydrogen (secondary N) is 1. The van der Waals surface area contributed by atoms with Gasteiger partial charge < -0.3 is 15.8 Å². The number of carbonyl (C=O) groups excluding carboxylic acids is 1. The van der Waals surface area contributed by atoms with Crippen LogP contribution in [0.15, 0.2) is 36.4 Å². The van der Waals surface area contributed by atoms with Crippen LogP contribution in [0.3, 0.4) is 0 Å². The molecule has 0 spiro atoms. The molecule has 0 aromatic heterocycles. The SMILES string of the molecule is CC(C)(C)NCc1c(OCC(N)=O)ccc2ccccc12. The van der Waals surface area contributed by atoms with Crippen molar-refractivity contribution < 1.29 is 9.53 Å². The Kier molecular flexibility index (Phi) is 4.48. The van der Waals surface area contributed by atoms with Crippen LogP contribution in [0.2, 0.25) is 0 Å². The van der Waals surface area contributed by atoms with Crippen LogP contribution >= 0.6 is 0 Å². The minimum Gasteiger partial charge on any atom is -0.483 e. The maximum absolute atomic E-state index is 10.9. The van der Waals surface area contributed by atoms with E-state index < -0.39 is 5.91 Å². The second kappa shape index (κ2) is 6.14. The summed E-state index contributed by atoms with van der Waals surface area (Å²) in [6.45, 7) is 6.89. The summed E-state index contributed by atoms with van der Waals surface area (Å²) in [5, 5.41) is 5.73. The van der Waals surface area contributed by atoms with Gasteiger partial charge in [-0.1, -0.05) is 30.3 Å². The summed E-state index contributed by atoms with van der Waals surface area (Å²) in [7, 11) is 0. The summed E-state index contributed by atoms with van der Waals surface area (Å²) >= 11 is 0. The first-order chi connectivity index (χ1) is 9.87. The highest BCUT2D eigenvalue weighted by atomic mass is 16.5. The van der Waals surface area contributed by atoms with E-state index in [0.29, 0.717) is 12.3 Å². The smallest absolute Gasteiger partial charge is 0.255 e. The summed E-state index contributed by atoms with van der Waals surface area (Å²) < 4.78 is 5.56. The minimum absolute atomic E-state index is 0.00208. The van der Waals surface area contributed by atoms with Crippen molar-refractivity contribution in [3.63, 3.8) is 0 Å². The molecule has 0 fully saturated rings. The number of rotatable bonds is 5. The van der Waals surface area contributed by atoms with Gasteiger partial charge in [0.05, 0.1) is 0 Å². The first-order valence-electron chi connectivity index (χ1n) is 7.03. The van der Waals surface area contributed by atoms with Crippen LogP contribution in [0.5, 0.6) is 5.75 Å². The lowest BCUT2D eigenvalue weighted by atomic mass is 10.0. The molecule has 21 heavy (non-hydrogen) atoms. The maximum atomic E-state index is 10.9. The highest BCUT2D eigenvalue weighted by Crippen LogP contribution is 2.28. The molecule has 0 radical (unpaired) electrons. The van der Waals surface area contributed by atoms with Crippen molar-refractivity contribution in [3.05, 3.63) is 42.0 Å². The van der Waals surface area contributed by atoms with Crippen molar-refractivity contribution in [2.24, 2.45) is 5.73 Å². The van der Waals surface area contributed by atoms with Gasteiger partial charge in [-0.15, -0.1) is 0 Å². The molecule has 4 heteroatoms. The van der Waals surface area contributed by atoms with Crippen molar-refractivity contribution in [3.8, 4) is 5.75 Å². The third kappa shape index (κ3) is 4.20. The van der Waals surface area contributed by atoms with Gasteiger partial charge in [0.25, 0.3) is 5.91 Å². The summed E-state index contributed by atoms with van der Waals surface area (Å²) in [6, 6.07) is 12.0. The molecule has 0 atom stereocenters. The number of carbonyl (C=O) groups is 1. The van der Waals surface area contributed by atoms with Gasteiger partial charge in [0.15, 0.2) is 6.61 Å². The predicted molar refractivity (Wildman–Crippen MR) is 85.2 cm³/mol. The zero-order valence-corrected chi connectivity index (χ0v) is 12.8. The highest BCUT2D eigenvalue weighted by molar-refractivity contribution is 5.88. The van der Waals surface area contributed by atoms with Gasteiger partial charge in [0.1, 0.15) is 5.75 Å². The maximum Gasteiger partial charge on any atom is 0.255 e. The molecule has 2 aromatic rings. The van der Waals surface area contributed by atoms with E-state index in [1.54, 1.807) is 0 Å². The molecule has 0 saturated heterocycles. The third-order valence-corrected chi connectivity index (χ3v) is 3.16. The number of primary amides is 1. The third-order valence-electron chi connectivity index (χ3n) is 3.16. The highest BCUT2D eigenvalue weighted by Gasteiger charge is 2.14. The molecule has 0 unspecified atom stereocenters. The fraction of sp³-hybridized carbons (Fsp3) is 0.353. The van der Waals surface area contributed by atoms with Gasteiger partial charge in [0.2, 0.25) is 0 Å². The molecule has 0 bridgehead atoms. The zero-order chi connectivity index (χ0) is 15.5. The van der Waals surface area contributed by atoms with Crippen molar-refractivity contribution >= 4 is 16.7 Å². The van der Waals surface area contributed by atoms with E-state index >= 15 is 0 Å². The molecule has 0 aliphatic rings. The molecule has 112 valence electrons. The zero-order valence-electron chi connectivity index (χ0n) is 12.8. The van der Waals surface area contributed by atoms with Crippen LogP contribution in [-0.2, 0) is 11.3 Å².